The molecule has 5 heteroatoms. The molecule has 0 fully saturated rings. The van der Waals surface area contributed by atoms with Gasteiger partial charge in [-0.15, -0.1) is 0 Å². The molecule has 0 aromatic carbocycles. The molecule has 2 N–H and O–H groups in total. The molecule has 0 amide bonds. The standard InChI is InChI=1S/C5H10O4S/c6-1-2-10-9-4-5(8)3-7/h1,5,7-8H,2-4H2. The van der Waals surface area contributed by atoms with Crippen molar-refractivity contribution in [2.45, 2.75) is 6.10 Å². The molecule has 0 radical (unpaired) electrons. The van der Waals surface area contributed by atoms with E-state index in [1.54, 1.807) is 0 Å². The minimum atomic E-state index is -0.848. The summed E-state index contributed by atoms with van der Waals surface area (Å²) in [6, 6.07) is 0. The van der Waals surface area contributed by atoms with Crippen molar-refractivity contribution in [3.63, 3.8) is 0 Å². The molecule has 10 heavy (non-hydrogen) atoms. The number of rotatable bonds is 6. The van der Waals surface area contributed by atoms with Gasteiger partial charge in [0.05, 0.1) is 19.0 Å². The van der Waals surface area contributed by atoms with Crippen LogP contribution in [-0.4, -0.2) is 41.6 Å². The molecule has 0 saturated carbocycles. The predicted octanol–water partition coefficient (Wildman–Crippen LogP) is -0.797. The van der Waals surface area contributed by atoms with Crippen LogP contribution in [0.3, 0.4) is 0 Å². The lowest BCUT2D eigenvalue weighted by molar-refractivity contribution is -0.105. The quantitative estimate of drug-likeness (QED) is 0.307. The zero-order valence-corrected chi connectivity index (χ0v) is 6.21. The topological polar surface area (TPSA) is 66.8 Å². The van der Waals surface area contributed by atoms with Crippen molar-refractivity contribution in [2.24, 2.45) is 0 Å². The van der Waals surface area contributed by atoms with Crippen molar-refractivity contribution in [1.82, 2.24) is 0 Å². The summed E-state index contributed by atoms with van der Waals surface area (Å²) in [5.74, 6) is 0.248. The van der Waals surface area contributed by atoms with Crippen molar-refractivity contribution < 1.29 is 19.2 Å². The summed E-state index contributed by atoms with van der Waals surface area (Å²) in [6.07, 6.45) is -0.144. The van der Waals surface area contributed by atoms with Crippen LogP contribution in [0.2, 0.25) is 0 Å². The first kappa shape index (κ1) is 9.90. The highest BCUT2D eigenvalue weighted by molar-refractivity contribution is 7.95. The average Bonchev–Trinajstić information content (AvgIpc) is 1.98. The minimum absolute atomic E-state index is 0.0506. The summed E-state index contributed by atoms with van der Waals surface area (Å²) in [4.78, 5) is 9.71. The van der Waals surface area contributed by atoms with E-state index in [0.717, 1.165) is 12.0 Å². The summed E-state index contributed by atoms with van der Waals surface area (Å²) < 4.78 is 4.70. The maximum atomic E-state index is 9.71. The lowest BCUT2D eigenvalue weighted by Gasteiger charge is -2.04. The van der Waals surface area contributed by atoms with Crippen molar-refractivity contribution >= 4 is 18.3 Å². The third-order valence-corrected chi connectivity index (χ3v) is 1.27. The Balaban J connectivity index is 2.95. The summed E-state index contributed by atoms with van der Waals surface area (Å²) in [5.41, 5.74) is 0. The molecule has 1 unspecified atom stereocenters. The molecular formula is C5H10O4S. The molecule has 0 rings (SSSR count). The molecule has 1 atom stereocenters. The number of carbonyl (C=O) groups is 1. The first-order valence-corrected chi connectivity index (χ1v) is 3.69. The fraction of sp³-hybridized carbons (Fsp3) is 0.800. The van der Waals surface area contributed by atoms with Crippen molar-refractivity contribution in [2.75, 3.05) is 19.0 Å². The first-order chi connectivity index (χ1) is 4.81. The van der Waals surface area contributed by atoms with Crippen LogP contribution < -0.4 is 0 Å². The van der Waals surface area contributed by atoms with Gasteiger partial charge in [0.15, 0.2) is 0 Å². The van der Waals surface area contributed by atoms with Crippen LogP contribution in [0, 0.1) is 0 Å². The second-order valence-corrected chi connectivity index (χ2v) is 2.38. The number of hydrogen-bond acceptors (Lipinski definition) is 5. The number of aliphatic hydroxyl groups is 2. The Labute approximate surface area is 63.4 Å². The normalized spacial score (nSPS) is 13.0. The van der Waals surface area contributed by atoms with Crippen molar-refractivity contribution in [1.29, 1.82) is 0 Å². The second kappa shape index (κ2) is 7.01. The Morgan fingerprint density at radius 1 is 1.70 bits per heavy atom. The number of hydrogen-bond donors (Lipinski definition) is 2. The van der Waals surface area contributed by atoms with Crippen LogP contribution in [0.15, 0.2) is 0 Å². The molecule has 0 aromatic rings. The van der Waals surface area contributed by atoms with E-state index in [-0.39, 0.29) is 19.0 Å². The Morgan fingerprint density at radius 2 is 2.40 bits per heavy atom. The van der Waals surface area contributed by atoms with E-state index in [1.165, 1.54) is 0 Å². The van der Waals surface area contributed by atoms with Crippen LogP contribution in [0.5, 0.6) is 0 Å². The van der Waals surface area contributed by atoms with Gasteiger partial charge in [-0.3, -0.25) is 0 Å². The van der Waals surface area contributed by atoms with Gasteiger partial charge in [0.2, 0.25) is 0 Å². The van der Waals surface area contributed by atoms with E-state index in [0.29, 0.717) is 6.29 Å². The van der Waals surface area contributed by atoms with Gasteiger partial charge in [0.1, 0.15) is 12.4 Å². The van der Waals surface area contributed by atoms with E-state index >= 15 is 0 Å². The third-order valence-electron chi connectivity index (χ3n) is 0.691. The van der Waals surface area contributed by atoms with E-state index in [4.69, 9.17) is 14.4 Å². The summed E-state index contributed by atoms with van der Waals surface area (Å²) >= 11 is 0.958. The zero-order chi connectivity index (χ0) is 7.82. The molecule has 4 nitrogen and oxygen atoms in total. The number of aliphatic hydroxyl groups excluding tert-OH is 2. The van der Waals surface area contributed by atoms with Crippen molar-refractivity contribution in [3.8, 4) is 0 Å². The highest BCUT2D eigenvalue weighted by Crippen LogP contribution is 2.00. The Bertz CT molecular complexity index is 87.7. The van der Waals surface area contributed by atoms with E-state index in [2.05, 4.69) is 0 Å². The van der Waals surface area contributed by atoms with Crippen LogP contribution in [-0.2, 0) is 8.98 Å². The highest BCUT2D eigenvalue weighted by Gasteiger charge is 2.00. The fourth-order valence-electron chi connectivity index (χ4n) is 0.255. The number of carbonyl (C=O) groups excluding carboxylic acids is 1. The molecule has 0 bridgehead atoms. The molecule has 60 valence electrons. The van der Waals surface area contributed by atoms with Gasteiger partial charge in [-0.25, -0.2) is 0 Å². The first-order valence-electron chi connectivity index (χ1n) is 2.78. The van der Waals surface area contributed by atoms with Crippen LogP contribution >= 0.6 is 12.0 Å². The monoisotopic (exact) mass is 166 g/mol. The summed E-state index contributed by atoms with van der Waals surface area (Å²) in [6.45, 7) is -0.267. The van der Waals surface area contributed by atoms with E-state index < -0.39 is 6.10 Å². The molecule has 0 spiro atoms. The highest BCUT2D eigenvalue weighted by atomic mass is 32.2. The SMILES string of the molecule is O=CCSOCC(O)CO. The van der Waals surface area contributed by atoms with Crippen molar-refractivity contribution in [3.05, 3.63) is 0 Å². The number of aldehydes is 1. The van der Waals surface area contributed by atoms with E-state index in [1.807, 2.05) is 0 Å². The van der Waals surface area contributed by atoms with Gasteiger partial charge in [-0.05, 0) is 12.0 Å². The van der Waals surface area contributed by atoms with Crippen LogP contribution in [0.4, 0.5) is 0 Å². The predicted molar refractivity (Wildman–Crippen MR) is 37.6 cm³/mol. The van der Waals surface area contributed by atoms with Crippen LogP contribution in [0.1, 0.15) is 0 Å². The van der Waals surface area contributed by atoms with Gasteiger partial charge in [-0.2, -0.15) is 0 Å². The molecule has 0 saturated heterocycles. The second-order valence-electron chi connectivity index (χ2n) is 1.57. The Morgan fingerprint density at radius 3 is 2.90 bits per heavy atom. The van der Waals surface area contributed by atoms with Gasteiger partial charge >= 0.3 is 0 Å². The minimum Gasteiger partial charge on any atom is -0.394 e. The lowest BCUT2D eigenvalue weighted by Crippen LogP contribution is -2.17. The third kappa shape index (κ3) is 6.03. The van der Waals surface area contributed by atoms with Gasteiger partial charge in [0, 0.05) is 0 Å². The van der Waals surface area contributed by atoms with Gasteiger partial charge < -0.3 is 19.2 Å². The smallest absolute Gasteiger partial charge is 0.132 e. The van der Waals surface area contributed by atoms with Gasteiger partial charge in [-0.1, -0.05) is 0 Å². The maximum Gasteiger partial charge on any atom is 0.132 e. The largest absolute Gasteiger partial charge is 0.394 e. The lowest BCUT2D eigenvalue weighted by atomic mass is 10.4. The molecule has 0 aliphatic carbocycles. The fourth-order valence-corrected chi connectivity index (χ4v) is 0.660. The molecule has 0 heterocycles. The van der Waals surface area contributed by atoms with E-state index in [9.17, 15) is 4.79 Å². The molecule has 0 aromatic heterocycles. The average molecular weight is 166 g/mol. The summed E-state index contributed by atoms with van der Waals surface area (Å²) in [5, 5.41) is 17.0. The van der Waals surface area contributed by atoms with Gasteiger partial charge in [0.25, 0.3) is 0 Å². The Kier molecular flexibility index (Phi) is 6.94. The Hall–Kier alpha value is -0.100. The molecule has 0 aliphatic heterocycles. The molecular weight excluding hydrogens is 156 g/mol. The van der Waals surface area contributed by atoms with Crippen LogP contribution in [0.25, 0.3) is 0 Å². The summed E-state index contributed by atoms with van der Waals surface area (Å²) in [7, 11) is 0. The maximum absolute atomic E-state index is 9.71. The zero-order valence-electron chi connectivity index (χ0n) is 5.40. The molecule has 0 aliphatic rings.